The van der Waals surface area contributed by atoms with Crippen LogP contribution >= 0.6 is 7.60 Å². The second-order valence-electron chi connectivity index (χ2n) is 3.79. The van der Waals surface area contributed by atoms with E-state index in [2.05, 4.69) is 4.52 Å². The number of hydrogen-bond donors (Lipinski definition) is 0. The number of nitrogens with zero attached hydrogens (tertiary/aromatic N) is 1. The number of halogens is 2. The van der Waals surface area contributed by atoms with Gasteiger partial charge in [0.2, 0.25) is 7.60 Å². The van der Waals surface area contributed by atoms with E-state index in [0.29, 0.717) is 0 Å². The molecule has 0 fully saturated rings. The Hall–Kier alpha value is -0.0300. The Morgan fingerprint density at radius 3 is 2.08 bits per heavy atom. The van der Waals surface area contributed by atoms with Gasteiger partial charge in [0, 0.05) is 7.11 Å². The van der Waals surface area contributed by atoms with Gasteiger partial charge >= 0.3 is 5.66 Å². The van der Waals surface area contributed by atoms with Crippen molar-refractivity contribution in [1.82, 2.24) is 0 Å². The zero-order chi connectivity index (χ0) is 10.9. The maximum absolute atomic E-state index is 13.0. The molecular formula is C6H14F2NO3P. The molecule has 0 aliphatic carbocycles. The molecule has 0 spiro atoms. The summed E-state index contributed by atoms with van der Waals surface area (Å²) in [5.74, 6) is 0. The minimum Gasteiger partial charge on any atom is -0.774 e. The Morgan fingerprint density at radius 2 is 1.85 bits per heavy atom. The van der Waals surface area contributed by atoms with Crippen molar-refractivity contribution in [2.45, 2.75) is 5.66 Å². The fourth-order valence-corrected chi connectivity index (χ4v) is 1.66. The Labute approximate surface area is 76.2 Å². The molecule has 0 aromatic rings. The SMILES string of the molecule is COP(=O)([O-])C(F)(F)C[N+](C)(C)C. The normalized spacial score (nSPS) is 18.4. The van der Waals surface area contributed by atoms with E-state index in [-0.39, 0.29) is 4.48 Å². The topological polar surface area (TPSA) is 49.4 Å². The van der Waals surface area contributed by atoms with Crippen LogP contribution in [-0.2, 0) is 9.09 Å². The summed E-state index contributed by atoms with van der Waals surface area (Å²) in [4.78, 5) is 10.7. The standard InChI is InChI=1S/C6H14F2NO3P/c1-9(2,3)5-6(7,8)13(10,11)12-4/h5H2,1-4H3. The van der Waals surface area contributed by atoms with E-state index in [1.54, 1.807) is 0 Å². The Kier molecular flexibility index (Phi) is 3.60. The van der Waals surface area contributed by atoms with Crippen LogP contribution < -0.4 is 4.89 Å². The minimum atomic E-state index is -5.07. The summed E-state index contributed by atoms with van der Waals surface area (Å²) < 4.78 is 40.3. The van der Waals surface area contributed by atoms with Gasteiger partial charge in [-0.1, -0.05) is 0 Å². The lowest BCUT2D eigenvalue weighted by molar-refractivity contribution is -0.876. The molecule has 0 aromatic heterocycles. The summed E-state index contributed by atoms with van der Waals surface area (Å²) in [6.07, 6.45) is 0. The maximum atomic E-state index is 13.0. The van der Waals surface area contributed by atoms with Gasteiger partial charge in [-0.3, -0.25) is 0 Å². The van der Waals surface area contributed by atoms with Crippen LogP contribution in [0.15, 0.2) is 0 Å². The maximum Gasteiger partial charge on any atom is 0.355 e. The lowest BCUT2D eigenvalue weighted by atomic mass is 10.5. The predicted octanol–water partition coefficient (Wildman–Crippen LogP) is 0.485. The first-order valence-electron chi connectivity index (χ1n) is 3.57. The molecule has 0 rings (SSSR count). The van der Waals surface area contributed by atoms with E-state index in [9.17, 15) is 18.2 Å². The van der Waals surface area contributed by atoms with Gasteiger partial charge in [-0.25, -0.2) is 0 Å². The molecule has 0 bridgehead atoms. The van der Waals surface area contributed by atoms with E-state index in [4.69, 9.17) is 0 Å². The molecule has 0 radical (unpaired) electrons. The third-order valence-corrected chi connectivity index (χ3v) is 2.73. The van der Waals surface area contributed by atoms with E-state index in [0.717, 1.165) is 7.11 Å². The molecule has 0 amide bonds. The van der Waals surface area contributed by atoms with Crippen molar-refractivity contribution in [3.05, 3.63) is 0 Å². The first-order chi connectivity index (χ1) is 5.52. The predicted molar refractivity (Wildman–Crippen MR) is 42.5 cm³/mol. The highest BCUT2D eigenvalue weighted by molar-refractivity contribution is 7.52. The number of quaternary nitrogens is 1. The van der Waals surface area contributed by atoms with Gasteiger partial charge < -0.3 is 18.5 Å². The van der Waals surface area contributed by atoms with Crippen molar-refractivity contribution in [3.63, 3.8) is 0 Å². The Morgan fingerprint density at radius 1 is 1.46 bits per heavy atom. The number of rotatable bonds is 4. The zero-order valence-electron chi connectivity index (χ0n) is 8.08. The molecular weight excluding hydrogens is 203 g/mol. The van der Waals surface area contributed by atoms with Gasteiger partial charge in [0.25, 0.3) is 0 Å². The van der Waals surface area contributed by atoms with Crippen molar-refractivity contribution in [2.75, 3.05) is 34.8 Å². The highest BCUT2D eigenvalue weighted by atomic mass is 31.2. The number of hydrogen-bond acceptors (Lipinski definition) is 3. The number of alkyl halides is 2. The van der Waals surface area contributed by atoms with Crippen LogP contribution in [0.3, 0.4) is 0 Å². The third kappa shape index (κ3) is 3.68. The first kappa shape index (κ1) is 13.0. The molecule has 0 saturated carbocycles. The van der Waals surface area contributed by atoms with E-state index < -0.39 is 19.8 Å². The highest BCUT2D eigenvalue weighted by Gasteiger charge is 2.47. The molecule has 13 heavy (non-hydrogen) atoms. The second-order valence-corrected chi connectivity index (χ2v) is 5.81. The fourth-order valence-electron chi connectivity index (χ4n) is 0.791. The van der Waals surface area contributed by atoms with Crippen molar-refractivity contribution in [2.24, 2.45) is 0 Å². The molecule has 7 heteroatoms. The van der Waals surface area contributed by atoms with E-state index >= 15 is 0 Å². The van der Waals surface area contributed by atoms with Crippen LogP contribution in [0.4, 0.5) is 8.78 Å². The van der Waals surface area contributed by atoms with Crippen LogP contribution in [0.25, 0.3) is 0 Å². The van der Waals surface area contributed by atoms with Gasteiger partial charge in [0.05, 0.1) is 21.1 Å². The van der Waals surface area contributed by atoms with Gasteiger partial charge in [-0.15, -0.1) is 0 Å². The molecule has 4 nitrogen and oxygen atoms in total. The molecule has 0 saturated heterocycles. The Bertz CT molecular complexity index is 226. The van der Waals surface area contributed by atoms with Crippen LogP contribution in [0.2, 0.25) is 0 Å². The molecule has 0 N–H and O–H groups in total. The third-order valence-electron chi connectivity index (χ3n) is 1.31. The summed E-state index contributed by atoms with van der Waals surface area (Å²) in [7, 11) is 0.0890. The molecule has 0 aromatic carbocycles. The van der Waals surface area contributed by atoms with Crippen molar-refractivity contribution in [3.8, 4) is 0 Å². The Balaban J connectivity index is 4.68. The summed E-state index contributed by atoms with van der Waals surface area (Å²) in [5.41, 5.74) is -3.82. The largest absolute Gasteiger partial charge is 0.774 e. The molecule has 80 valence electrons. The first-order valence-corrected chi connectivity index (χ1v) is 5.11. The van der Waals surface area contributed by atoms with Crippen molar-refractivity contribution < 1.29 is 27.2 Å². The van der Waals surface area contributed by atoms with E-state index in [1.807, 2.05) is 0 Å². The summed E-state index contributed by atoms with van der Waals surface area (Å²) >= 11 is 0. The quantitative estimate of drug-likeness (QED) is 0.508. The second kappa shape index (κ2) is 3.61. The van der Waals surface area contributed by atoms with Crippen molar-refractivity contribution in [1.29, 1.82) is 0 Å². The summed E-state index contributed by atoms with van der Waals surface area (Å²) in [5, 5.41) is 0. The van der Waals surface area contributed by atoms with Gasteiger partial charge in [0.15, 0.2) is 6.54 Å². The van der Waals surface area contributed by atoms with Crippen LogP contribution in [0.1, 0.15) is 0 Å². The van der Waals surface area contributed by atoms with Crippen molar-refractivity contribution >= 4 is 7.60 Å². The highest BCUT2D eigenvalue weighted by Crippen LogP contribution is 2.53. The molecule has 0 aliphatic heterocycles. The average Bonchev–Trinajstić information content (AvgIpc) is 1.81. The van der Waals surface area contributed by atoms with Gasteiger partial charge in [-0.05, 0) is 0 Å². The van der Waals surface area contributed by atoms with Crippen LogP contribution in [-0.4, -0.2) is 44.9 Å². The molecule has 0 aliphatic rings. The summed E-state index contributed by atoms with van der Waals surface area (Å²) in [6, 6.07) is 0. The van der Waals surface area contributed by atoms with Gasteiger partial charge in [0.1, 0.15) is 0 Å². The molecule has 1 unspecified atom stereocenters. The van der Waals surface area contributed by atoms with Crippen LogP contribution in [0.5, 0.6) is 0 Å². The summed E-state index contributed by atoms with van der Waals surface area (Å²) in [6.45, 7) is -0.804. The smallest absolute Gasteiger partial charge is 0.355 e. The molecule has 1 atom stereocenters. The minimum absolute atomic E-state index is 0.150. The monoisotopic (exact) mass is 217 g/mol. The average molecular weight is 217 g/mol. The van der Waals surface area contributed by atoms with E-state index in [1.165, 1.54) is 21.1 Å². The lowest BCUT2D eigenvalue weighted by Gasteiger charge is -2.35. The molecule has 0 heterocycles. The van der Waals surface area contributed by atoms with Crippen LogP contribution in [0, 0.1) is 0 Å². The lowest BCUT2D eigenvalue weighted by Crippen LogP contribution is -2.46. The fraction of sp³-hybridized carbons (Fsp3) is 1.00. The zero-order valence-corrected chi connectivity index (χ0v) is 8.98. The van der Waals surface area contributed by atoms with Gasteiger partial charge in [-0.2, -0.15) is 8.78 Å².